The molecule has 1 aliphatic carbocycles. The van der Waals surface area contributed by atoms with Crippen LogP contribution in [0.5, 0.6) is 0 Å². The lowest BCUT2D eigenvalue weighted by Crippen LogP contribution is -2.46. The molecule has 21 heavy (non-hydrogen) atoms. The first-order valence-electron chi connectivity index (χ1n) is 8.41. The normalized spacial score (nSPS) is 25.8. The van der Waals surface area contributed by atoms with Gasteiger partial charge in [0.25, 0.3) is 0 Å². The van der Waals surface area contributed by atoms with Gasteiger partial charge in [-0.25, -0.2) is 0 Å². The Balaban J connectivity index is 1.74. The molecule has 1 fully saturated rings. The summed E-state index contributed by atoms with van der Waals surface area (Å²) >= 11 is 2.05. The highest BCUT2D eigenvalue weighted by Crippen LogP contribution is 2.39. The van der Waals surface area contributed by atoms with Gasteiger partial charge in [0.15, 0.2) is 0 Å². The van der Waals surface area contributed by atoms with Crippen LogP contribution in [-0.2, 0) is 12.8 Å². The minimum Gasteiger partial charge on any atom is -0.330 e. The van der Waals surface area contributed by atoms with Crippen LogP contribution in [0.25, 0.3) is 0 Å². The number of aryl methyl sites for hydroxylation is 1. The van der Waals surface area contributed by atoms with E-state index in [1.807, 2.05) is 0 Å². The second kappa shape index (κ2) is 6.78. The molecule has 2 atom stereocenters. The highest BCUT2D eigenvalue weighted by Gasteiger charge is 2.29. The first-order chi connectivity index (χ1) is 10.2. The number of thiophene rings is 1. The highest BCUT2D eigenvalue weighted by atomic mass is 32.1. The molecule has 0 radical (unpaired) electrons. The summed E-state index contributed by atoms with van der Waals surface area (Å²) in [7, 11) is 2.24. The standard InChI is InChI=1S/C17H29N3S/c1-13(12-18)10-14-11-15-16(4-3-5-17(15)21-14)20-8-6-19(2)7-9-20/h11,13,16H,3-10,12,18H2,1-2H3. The third-order valence-corrected chi connectivity index (χ3v) is 6.30. The summed E-state index contributed by atoms with van der Waals surface area (Å²) in [5.41, 5.74) is 7.44. The van der Waals surface area contributed by atoms with Crippen molar-refractivity contribution in [1.29, 1.82) is 0 Å². The number of likely N-dealkylation sites (N-methyl/N-ethyl adjacent to an activating group) is 1. The molecular weight excluding hydrogens is 278 g/mol. The molecule has 118 valence electrons. The Hall–Kier alpha value is -0.420. The predicted octanol–water partition coefficient (Wildman–Crippen LogP) is 2.51. The SMILES string of the molecule is CC(CN)Cc1cc2c(s1)CCCC2N1CCN(C)CC1. The number of piperazine rings is 1. The lowest BCUT2D eigenvalue weighted by Gasteiger charge is -2.39. The predicted molar refractivity (Wildman–Crippen MR) is 91.0 cm³/mol. The van der Waals surface area contributed by atoms with E-state index in [1.54, 1.807) is 15.3 Å². The van der Waals surface area contributed by atoms with Crippen molar-refractivity contribution in [3.05, 3.63) is 21.4 Å². The minimum atomic E-state index is 0.604. The van der Waals surface area contributed by atoms with Crippen LogP contribution in [0.4, 0.5) is 0 Å². The van der Waals surface area contributed by atoms with Crippen LogP contribution in [0.1, 0.15) is 41.1 Å². The second-order valence-electron chi connectivity index (χ2n) is 6.88. The number of nitrogens with zero attached hydrogens (tertiary/aromatic N) is 2. The number of rotatable bonds is 4. The van der Waals surface area contributed by atoms with Crippen LogP contribution in [0.15, 0.2) is 6.07 Å². The van der Waals surface area contributed by atoms with Crippen LogP contribution < -0.4 is 5.73 Å². The summed E-state index contributed by atoms with van der Waals surface area (Å²) in [5.74, 6) is 0.604. The molecule has 3 nitrogen and oxygen atoms in total. The van der Waals surface area contributed by atoms with Gasteiger partial charge in [0.2, 0.25) is 0 Å². The minimum absolute atomic E-state index is 0.604. The molecule has 0 spiro atoms. The van der Waals surface area contributed by atoms with E-state index in [2.05, 4.69) is 41.2 Å². The molecule has 1 aliphatic heterocycles. The Bertz CT molecular complexity index is 463. The smallest absolute Gasteiger partial charge is 0.0360 e. The average molecular weight is 308 g/mol. The Morgan fingerprint density at radius 2 is 2.10 bits per heavy atom. The van der Waals surface area contributed by atoms with Gasteiger partial charge < -0.3 is 10.6 Å². The van der Waals surface area contributed by atoms with Gasteiger partial charge in [-0.2, -0.15) is 0 Å². The zero-order valence-electron chi connectivity index (χ0n) is 13.5. The first kappa shape index (κ1) is 15.5. The molecule has 2 N–H and O–H groups in total. The lowest BCUT2D eigenvalue weighted by atomic mass is 9.91. The van der Waals surface area contributed by atoms with Crippen molar-refractivity contribution in [2.24, 2.45) is 11.7 Å². The molecule has 1 saturated heterocycles. The summed E-state index contributed by atoms with van der Waals surface area (Å²) < 4.78 is 0. The first-order valence-corrected chi connectivity index (χ1v) is 9.23. The fourth-order valence-electron chi connectivity index (χ4n) is 3.63. The van der Waals surface area contributed by atoms with Crippen molar-refractivity contribution in [3.8, 4) is 0 Å². The molecule has 1 aromatic heterocycles. The third kappa shape index (κ3) is 3.50. The van der Waals surface area contributed by atoms with Crippen molar-refractivity contribution < 1.29 is 0 Å². The molecule has 3 rings (SSSR count). The number of nitrogens with two attached hydrogens (primary N) is 1. The zero-order chi connectivity index (χ0) is 14.8. The van der Waals surface area contributed by atoms with Crippen LogP contribution in [0, 0.1) is 5.92 Å². The van der Waals surface area contributed by atoms with E-state index in [0.29, 0.717) is 12.0 Å². The van der Waals surface area contributed by atoms with Gasteiger partial charge in [-0.1, -0.05) is 6.92 Å². The van der Waals surface area contributed by atoms with Crippen molar-refractivity contribution in [2.75, 3.05) is 39.8 Å². The van der Waals surface area contributed by atoms with Gasteiger partial charge in [0, 0.05) is 42.0 Å². The maximum absolute atomic E-state index is 5.79. The summed E-state index contributed by atoms with van der Waals surface area (Å²) in [5, 5.41) is 0. The van der Waals surface area contributed by atoms with Gasteiger partial charge in [0.05, 0.1) is 0 Å². The molecule has 0 bridgehead atoms. The van der Waals surface area contributed by atoms with Gasteiger partial charge in [-0.3, -0.25) is 4.90 Å². The molecule has 2 aliphatic rings. The van der Waals surface area contributed by atoms with E-state index in [-0.39, 0.29) is 0 Å². The molecule has 2 unspecified atom stereocenters. The maximum Gasteiger partial charge on any atom is 0.0360 e. The monoisotopic (exact) mass is 307 g/mol. The molecule has 4 heteroatoms. The summed E-state index contributed by atoms with van der Waals surface area (Å²) in [6.45, 7) is 7.94. The fraction of sp³-hybridized carbons (Fsp3) is 0.765. The number of hydrogen-bond acceptors (Lipinski definition) is 4. The largest absolute Gasteiger partial charge is 0.330 e. The molecule has 0 aromatic carbocycles. The third-order valence-electron chi connectivity index (χ3n) is 5.06. The zero-order valence-corrected chi connectivity index (χ0v) is 14.3. The Labute approximate surface area is 133 Å². The topological polar surface area (TPSA) is 32.5 Å². The van der Waals surface area contributed by atoms with Crippen LogP contribution >= 0.6 is 11.3 Å². The molecule has 1 aromatic rings. The van der Waals surface area contributed by atoms with E-state index in [4.69, 9.17) is 5.73 Å². The summed E-state index contributed by atoms with van der Waals surface area (Å²) in [4.78, 5) is 8.38. The molecular formula is C17H29N3S. The maximum atomic E-state index is 5.79. The Kier molecular flexibility index (Phi) is 4.99. The Morgan fingerprint density at radius 3 is 2.81 bits per heavy atom. The molecule has 0 amide bonds. The van der Waals surface area contributed by atoms with Crippen molar-refractivity contribution in [1.82, 2.24) is 9.80 Å². The molecule has 2 heterocycles. The summed E-state index contributed by atoms with van der Waals surface area (Å²) in [6.07, 6.45) is 5.15. The quantitative estimate of drug-likeness (QED) is 0.928. The van der Waals surface area contributed by atoms with Crippen LogP contribution in [0.2, 0.25) is 0 Å². The van der Waals surface area contributed by atoms with E-state index in [1.165, 1.54) is 45.4 Å². The van der Waals surface area contributed by atoms with Gasteiger partial charge >= 0.3 is 0 Å². The van der Waals surface area contributed by atoms with Gasteiger partial charge in [-0.05, 0) is 56.8 Å². The lowest BCUT2D eigenvalue weighted by molar-refractivity contribution is 0.103. The molecule has 0 saturated carbocycles. The van der Waals surface area contributed by atoms with E-state index in [9.17, 15) is 0 Å². The van der Waals surface area contributed by atoms with E-state index < -0.39 is 0 Å². The van der Waals surface area contributed by atoms with Gasteiger partial charge in [-0.15, -0.1) is 11.3 Å². The van der Waals surface area contributed by atoms with Crippen molar-refractivity contribution in [2.45, 2.75) is 38.6 Å². The van der Waals surface area contributed by atoms with Crippen molar-refractivity contribution in [3.63, 3.8) is 0 Å². The van der Waals surface area contributed by atoms with E-state index >= 15 is 0 Å². The van der Waals surface area contributed by atoms with Crippen LogP contribution in [0.3, 0.4) is 0 Å². The van der Waals surface area contributed by atoms with Crippen molar-refractivity contribution >= 4 is 11.3 Å². The highest BCUT2D eigenvalue weighted by molar-refractivity contribution is 7.12. The fourth-order valence-corrected chi connectivity index (χ4v) is 5.06. The summed E-state index contributed by atoms with van der Waals surface area (Å²) in [6, 6.07) is 3.19. The number of fused-ring (bicyclic) bond motifs is 1. The Morgan fingerprint density at radius 1 is 1.33 bits per heavy atom. The average Bonchev–Trinajstić information content (AvgIpc) is 2.90. The number of hydrogen-bond donors (Lipinski definition) is 1. The second-order valence-corrected chi connectivity index (χ2v) is 8.10. The van der Waals surface area contributed by atoms with Crippen LogP contribution in [-0.4, -0.2) is 49.6 Å². The van der Waals surface area contributed by atoms with Gasteiger partial charge in [0.1, 0.15) is 0 Å². The van der Waals surface area contributed by atoms with E-state index in [0.717, 1.165) is 13.0 Å².